The standard InChI is InChI=1S/C20H16N6O/c27-19(22-16-9-5-2-6-10-16)15-11-12-21-17(13-15)23-20-24-18(25-26-20)14-7-3-1-4-8-14/h1-13H,(H,22,27)(H2,21,23,24,25,26). The molecule has 0 saturated heterocycles. The number of amides is 1. The van der Waals surface area contributed by atoms with Gasteiger partial charge in [-0.3, -0.25) is 9.89 Å². The summed E-state index contributed by atoms with van der Waals surface area (Å²) in [5.41, 5.74) is 2.15. The van der Waals surface area contributed by atoms with Gasteiger partial charge in [-0.2, -0.15) is 4.98 Å². The molecule has 0 fully saturated rings. The van der Waals surface area contributed by atoms with Crippen molar-refractivity contribution in [3.63, 3.8) is 0 Å². The fourth-order valence-corrected chi connectivity index (χ4v) is 2.52. The number of hydrogen-bond donors (Lipinski definition) is 3. The summed E-state index contributed by atoms with van der Waals surface area (Å²) < 4.78 is 0. The van der Waals surface area contributed by atoms with Gasteiger partial charge in [0.2, 0.25) is 5.95 Å². The van der Waals surface area contributed by atoms with Crippen molar-refractivity contribution in [2.75, 3.05) is 10.6 Å². The van der Waals surface area contributed by atoms with E-state index < -0.39 is 0 Å². The Bertz CT molecular complexity index is 1050. The summed E-state index contributed by atoms with van der Waals surface area (Å²) in [5, 5.41) is 12.9. The minimum atomic E-state index is -0.216. The van der Waals surface area contributed by atoms with E-state index in [0.717, 1.165) is 11.3 Å². The largest absolute Gasteiger partial charge is 0.322 e. The number of H-pyrrole nitrogens is 1. The number of hydrogen-bond acceptors (Lipinski definition) is 5. The SMILES string of the molecule is O=C(Nc1ccccc1)c1ccnc(Nc2n[nH]c(-c3ccccc3)n2)c1. The zero-order valence-corrected chi connectivity index (χ0v) is 14.3. The third kappa shape index (κ3) is 3.98. The first-order chi connectivity index (χ1) is 13.3. The zero-order chi connectivity index (χ0) is 18.5. The van der Waals surface area contributed by atoms with Crippen LogP contribution in [0.2, 0.25) is 0 Å². The molecule has 4 aromatic rings. The number of aromatic amines is 1. The van der Waals surface area contributed by atoms with Crippen LogP contribution in [0.4, 0.5) is 17.5 Å². The average molecular weight is 356 g/mol. The van der Waals surface area contributed by atoms with Gasteiger partial charge in [-0.05, 0) is 24.3 Å². The second kappa shape index (κ2) is 7.49. The van der Waals surface area contributed by atoms with E-state index in [0.29, 0.717) is 23.2 Å². The summed E-state index contributed by atoms with van der Waals surface area (Å²) in [6.45, 7) is 0. The second-order valence-corrected chi connectivity index (χ2v) is 5.75. The molecular weight excluding hydrogens is 340 g/mol. The van der Waals surface area contributed by atoms with Crippen LogP contribution in [0.5, 0.6) is 0 Å². The Morgan fingerprint density at radius 3 is 2.44 bits per heavy atom. The molecule has 0 unspecified atom stereocenters. The molecule has 2 aromatic heterocycles. The summed E-state index contributed by atoms with van der Waals surface area (Å²) >= 11 is 0. The lowest BCUT2D eigenvalue weighted by Gasteiger charge is -2.06. The van der Waals surface area contributed by atoms with Gasteiger partial charge in [0.1, 0.15) is 5.82 Å². The highest BCUT2D eigenvalue weighted by molar-refractivity contribution is 6.04. The number of pyridine rings is 1. The van der Waals surface area contributed by atoms with Crippen LogP contribution in [0.25, 0.3) is 11.4 Å². The maximum atomic E-state index is 12.4. The molecule has 27 heavy (non-hydrogen) atoms. The monoisotopic (exact) mass is 356 g/mol. The maximum Gasteiger partial charge on any atom is 0.255 e. The molecule has 2 aromatic carbocycles. The topological polar surface area (TPSA) is 95.6 Å². The highest BCUT2D eigenvalue weighted by Gasteiger charge is 2.10. The minimum Gasteiger partial charge on any atom is -0.322 e. The second-order valence-electron chi connectivity index (χ2n) is 5.75. The van der Waals surface area contributed by atoms with Crippen LogP contribution in [-0.2, 0) is 0 Å². The Morgan fingerprint density at radius 2 is 1.67 bits per heavy atom. The molecule has 0 aliphatic carbocycles. The number of nitrogens with one attached hydrogen (secondary N) is 3. The van der Waals surface area contributed by atoms with Crippen molar-refractivity contribution in [1.29, 1.82) is 0 Å². The summed E-state index contributed by atoms with van der Waals surface area (Å²) in [6, 6.07) is 22.3. The number of carbonyl (C=O) groups excluding carboxylic acids is 1. The predicted octanol–water partition coefficient (Wildman–Crippen LogP) is 3.86. The first-order valence-electron chi connectivity index (χ1n) is 8.35. The Kier molecular flexibility index (Phi) is 4.57. The van der Waals surface area contributed by atoms with Crippen LogP contribution in [0, 0.1) is 0 Å². The first-order valence-corrected chi connectivity index (χ1v) is 8.35. The summed E-state index contributed by atoms with van der Waals surface area (Å²) in [5.74, 6) is 1.29. The molecule has 4 rings (SSSR count). The van der Waals surface area contributed by atoms with Crippen molar-refractivity contribution in [3.8, 4) is 11.4 Å². The van der Waals surface area contributed by atoms with Gasteiger partial charge in [-0.25, -0.2) is 4.98 Å². The quantitative estimate of drug-likeness (QED) is 0.505. The third-order valence-electron chi connectivity index (χ3n) is 3.83. The lowest BCUT2D eigenvalue weighted by atomic mass is 10.2. The Hall–Kier alpha value is -4.00. The van der Waals surface area contributed by atoms with Crippen LogP contribution < -0.4 is 10.6 Å². The summed E-state index contributed by atoms with van der Waals surface area (Å²) in [7, 11) is 0. The van der Waals surface area contributed by atoms with E-state index in [1.807, 2.05) is 60.7 Å². The number of aromatic nitrogens is 4. The van der Waals surface area contributed by atoms with E-state index >= 15 is 0 Å². The van der Waals surface area contributed by atoms with E-state index in [1.54, 1.807) is 18.3 Å². The molecule has 0 radical (unpaired) electrons. The van der Waals surface area contributed by atoms with Gasteiger partial charge in [-0.1, -0.05) is 48.5 Å². The van der Waals surface area contributed by atoms with Gasteiger partial charge >= 0.3 is 0 Å². The highest BCUT2D eigenvalue weighted by Crippen LogP contribution is 2.18. The molecule has 0 aliphatic heterocycles. The molecule has 3 N–H and O–H groups in total. The normalized spacial score (nSPS) is 10.4. The van der Waals surface area contributed by atoms with Crippen LogP contribution in [0.1, 0.15) is 10.4 Å². The number of rotatable bonds is 5. The fraction of sp³-hybridized carbons (Fsp3) is 0. The lowest BCUT2D eigenvalue weighted by Crippen LogP contribution is -2.12. The zero-order valence-electron chi connectivity index (χ0n) is 14.3. The summed E-state index contributed by atoms with van der Waals surface area (Å²) in [6.07, 6.45) is 1.56. The molecular formula is C20H16N6O. The number of nitrogens with zero attached hydrogens (tertiary/aromatic N) is 3. The first kappa shape index (κ1) is 16.5. The van der Waals surface area contributed by atoms with Crippen molar-refractivity contribution < 1.29 is 4.79 Å². The molecule has 0 atom stereocenters. The lowest BCUT2D eigenvalue weighted by molar-refractivity contribution is 0.102. The maximum absolute atomic E-state index is 12.4. The molecule has 7 heteroatoms. The van der Waals surface area contributed by atoms with E-state index in [4.69, 9.17) is 0 Å². The van der Waals surface area contributed by atoms with Gasteiger partial charge in [0.25, 0.3) is 5.91 Å². The van der Waals surface area contributed by atoms with Crippen molar-refractivity contribution in [2.45, 2.75) is 0 Å². The Morgan fingerprint density at radius 1 is 0.926 bits per heavy atom. The van der Waals surface area contributed by atoms with Gasteiger partial charge in [0.15, 0.2) is 5.82 Å². The highest BCUT2D eigenvalue weighted by atomic mass is 16.1. The fourth-order valence-electron chi connectivity index (χ4n) is 2.52. The van der Waals surface area contributed by atoms with Gasteiger partial charge in [-0.15, -0.1) is 5.10 Å². The predicted molar refractivity (Wildman–Crippen MR) is 104 cm³/mol. The van der Waals surface area contributed by atoms with E-state index in [9.17, 15) is 4.79 Å². The molecule has 0 spiro atoms. The van der Waals surface area contributed by atoms with Gasteiger partial charge in [0.05, 0.1) is 0 Å². The number of anilines is 3. The average Bonchev–Trinajstić information content (AvgIpc) is 3.18. The molecule has 2 heterocycles. The number of para-hydroxylation sites is 1. The van der Waals surface area contributed by atoms with Crippen molar-refractivity contribution >= 4 is 23.4 Å². The van der Waals surface area contributed by atoms with Gasteiger partial charge < -0.3 is 10.6 Å². The van der Waals surface area contributed by atoms with E-state index in [-0.39, 0.29) is 5.91 Å². The van der Waals surface area contributed by atoms with Crippen molar-refractivity contribution in [3.05, 3.63) is 84.6 Å². The Labute approximate surface area is 155 Å². The van der Waals surface area contributed by atoms with Crippen LogP contribution in [0.3, 0.4) is 0 Å². The van der Waals surface area contributed by atoms with Gasteiger partial charge in [0, 0.05) is 23.0 Å². The van der Waals surface area contributed by atoms with Crippen molar-refractivity contribution in [1.82, 2.24) is 20.2 Å². The van der Waals surface area contributed by atoms with Crippen molar-refractivity contribution in [2.24, 2.45) is 0 Å². The molecule has 0 aliphatic rings. The van der Waals surface area contributed by atoms with E-state index in [2.05, 4.69) is 30.8 Å². The third-order valence-corrected chi connectivity index (χ3v) is 3.83. The minimum absolute atomic E-state index is 0.216. The smallest absolute Gasteiger partial charge is 0.255 e. The molecule has 0 bridgehead atoms. The molecule has 132 valence electrons. The number of benzene rings is 2. The van der Waals surface area contributed by atoms with E-state index in [1.165, 1.54) is 0 Å². The molecule has 1 amide bonds. The Balaban J connectivity index is 1.48. The van der Waals surface area contributed by atoms with Crippen LogP contribution >= 0.6 is 0 Å². The van der Waals surface area contributed by atoms with Crippen LogP contribution in [-0.4, -0.2) is 26.1 Å². The molecule has 7 nitrogen and oxygen atoms in total. The van der Waals surface area contributed by atoms with Crippen LogP contribution in [0.15, 0.2) is 79.0 Å². The number of carbonyl (C=O) groups is 1. The molecule has 0 saturated carbocycles. The summed E-state index contributed by atoms with van der Waals surface area (Å²) in [4.78, 5) is 21.0.